The Labute approximate surface area is 117 Å². The third-order valence-corrected chi connectivity index (χ3v) is 3.14. The average Bonchev–Trinajstić information content (AvgIpc) is 2.69. The van der Waals surface area contributed by atoms with Crippen molar-refractivity contribution in [3.05, 3.63) is 11.8 Å². The number of ether oxygens (including phenoxy) is 1. The summed E-state index contributed by atoms with van der Waals surface area (Å²) in [6.07, 6.45) is 0. The van der Waals surface area contributed by atoms with E-state index in [0.29, 0.717) is 5.82 Å². The van der Waals surface area contributed by atoms with Gasteiger partial charge in [0.1, 0.15) is 5.82 Å². The van der Waals surface area contributed by atoms with Gasteiger partial charge in [-0.3, -0.25) is 9.48 Å². The van der Waals surface area contributed by atoms with Gasteiger partial charge in [0, 0.05) is 25.6 Å². The van der Waals surface area contributed by atoms with Crippen molar-refractivity contribution in [2.24, 2.45) is 7.05 Å². The summed E-state index contributed by atoms with van der Waals surface area (Å²) in [5.41, 5.74) is -1.31. The van der Waals surface area contributed by atoms with E-state index >= 15 is 0 Å². The fraction of sp³-hybridized carbons (Fsp3) is 0.615. The Kier molecular flexibility index (Phi) is 4.24. The van der Waals surface area contributed by atoms with Crippen LogP contribution in [0.3, 0.4) is 0 Å². The first-order valence-electron chi connectivity index (χ1n) is 6.17. The highest BCUT2D eigenvalue weighted by Crippen LogP contribution is 2.24. The molecule has 1 aromatic rings. The van der Waals surface area contributed by atoms with Crippen molar-refractivity contribution in [2.75, 3.05) is 12.4 Å². The summed E-state index contributed by atoms with van der Waals surface area (Å²) < 4.78 is 6.30. The van der Waals surface area contributed by atoms with Crippen LogP contribution in [0.1, 0.15) is 33.4 Å². The zero-order valence-corrected chi connectivity index (χ0v) is 12.6. The molecule has 1 heterocycles. The van der Waals surface area contributed by atoms with Crippen LogP contribution in [-0.2, 0) is 26.8 Å². The predicted octanol–water partition coefficient (Wildman–Crippen LogP) is 1.15. The van der Waals surface area contributed by atoms with Crippen molar-refractivity contribution < 1.29 is 19.4 Å². The highest BCUT2D eigenvalue weighted by Gasteiger charge is 2.42. The molecule has 0 saturated heterocycles. The molecule has 0 aliphatic carbocycles. The molecule has 0 spiro atoms. The Morgan fingerprint density at radius 1 is 1.35 bits per heavy atom. The zero-order valence-electron chi connectivity index (χ0n) is 12.6. The van der Waals surface area contributed by atoms with Gasteiger partial charge in [0.25, 0.3) is 5.91 Å². The van der Waals surface area contributed by atoms with Crippen molar-refractivity contribution in [2.45, 2.75) is 38.7 Å². The van der Waals surface area contributed by atoms with Crippen LogP contribution in [-0.4, -0.2) is 39.5 Å². The van der Waals surface area contributed by atoms with Crippen LogP contribution in [0.15, 0.2) is 6.07 Å². The lowest BCUT2D eigenvalue weighted by Crippen LogP contribution is -2.49. The molecule has 0 aliphatic heterocycles. The van der Waals surface area contributed by atoms with Gasteiger partial charge in [0.2, 0.25) is 5.60 Å². The van der Waals surface area contributed by atoms with Crippen LogP contribution in [0.2, 0.25) is 0 Å². The molecular weight excluding hydrogens is 262 g/mol. The Hall–Kier alpha value is -1.89. The van der Waals surface area contributed by atoms with Crippen LogP contribution >= 0.6 is 0 Å². The molecule has 20 heavy (non-hydrogen) atoms. The van der Waals surface area contributed by atoms with Gasteiger partial charge >= 0.3 is 5.97 Å². The topological polar surface area (TPSA) is 93.4 Å². The highest BCUT2D eigenvalue weighted by atomic mass is 16.5. The number of carboxylic acid groups (broad SMARTS) is 1. The lowest BCUT2D eigenvalue weighted by Gasteiger charge is -2.21. The molecule has 0 bridgehead atoms. The fourth-order valence-corrected chi connectivity index (χ4v) is 1.46. The van der Waals surface area contributed by atoms with Gasteiger partial charge in [-0.05, 0) is 6.92 Å². The molecule has 7 nitrogen and oxygen atoms in total. The number of aliphatic carboxylic acids is 1. The number of aryl methyl sites for hydroxylation is 1. The van der Waals surface area contributed by atoms with Gasteiger partial charge in [0.15, 0.2) is 0 Å². The molecule has 0 saturated carbocycles. The largest absolute Gasteiger partial charge is 0.479 e. The number of nitrogens with one attached hydrogen (secondary N) is 1. The summed E-state index contributed by atoms with van der Waals surface area (Å²) in [6.45, 7) is 7.19. The van der Waals surface area contributed by atoms with E-state index in [2.05, 4.69) is 10.4 Å². The predicted molar refractivity (Wildman–Crippen MR) is 73.6 cm³/mol. The molecule has 1 unspecified atom stereocenters. The Morgan fingerprint density at radius 3 is 2.25 bits per heavy atom. The van der Waals surface area contributed by atoms with E-state index in [1.54, 1.807) is 13.1 Å². The van der Waals surface area contributed by atoms with E-state index in [-0.39, 0.29) is 5.41 Å². The maximum atomic E-state index is 12.1. The summed E-state index contributed by atoms with van der Waals surface area (Å²) in [5.74, 6) is -1.68. The number of carbonyl (C=O) groups is 2. The zero-order chi connectivity index (χ0) is 15.7. The summed E-state index contributed by atoms with van der Waals surface area (Å²) in [5, 5.41) is 15.9. The third kappa shape index (κ3) is 2.98. The van der Waals surface area contributed by atoms with Crippen molar-refractivity contribution in [3.63, 3.8) is 0 Å². The van der Waals surface area contributed by atoms with E-state index in [9.17, 15) is 9.59 Å². The van der Waals surface area contributed by atoms with E-state index < -0.39 is 17.5 Å². The van der Waals surface area contributed by atoms with Gasteiger partial charge in [0.05, 0.1) is 5.69 Å². The van der Waals surface area contributed by atoms with Gasteiger partial charge in [-0.2, -0.15) is 5.10 Å². The molecule has 1 amide bonds. The van der Waals surface area contributed by atoms with Crippen LogP contribution in [0.25, 0.3) is 0 Å². The Balaban J connectivity index is 3.03. The SMILES string of the molecule is COC(C)(C(=O)O)C(=O)Nc1cc(C(C)(C)C)nn1C. The fourth-order valence-electron chi connectivity index (χ4n) is 1.46. The minimum Gasteiger partial charge on any atom is -0.479 e. The lowest BCUT2D eigenvalue weighted by molar-refractivity contribution is -0.165. The van der Waals surface area contributed by atoms with Crippen molar-refractivity contribution in [3.8, 4) is 0 Å². The molecule has 1 rings (SSSR count). The molecule has 2 N–H and O–H groups in total. The second kappa shape index (κ2) is 5.24. The first kappa shape index (κ1) is 16.2. The van der Waals surface area contributed by atoms with E-state index in [4.69, 9.17) is 9.84 Å². The number of methoxy groups -OCH3 is 1. The maximum absolute atomic E-state index is 12.1. The van der Waals surface area contributed by atoms with Gasteiger partial charge in [-0.1, -0.05) is 20.8 Å². The number of amides is 1. The molecule has 1 aromatic heterocycles. The molecule has 112 valence electrons. The first-order chi connectivity index (χ1) is 9.02. The minimum absolute atomic E-state index is 0.169. The summed E-state index contributed by atoms with van der Waals surface area (Å²) in [7, 11) is 2.85. The quantitative estimate of drug-likeness (QED) is 0.808. The molecule has 7 heteroatoms. The second-order valence-corrected chi connectivity index (χ2v) is 5.79. The van der Waals surface area contributed by atoms with E-state index in [1.807, 2.05) is 20.8 Å². The number of hydrogen-bond donors (Lipinski definition) is 2. The average molecular weight is 283 g/mol. The molecular formula is C13H21N3O4. The molecule has 0 aliphatic rings. The second-order valence-electron chi connectivity index (χ2n) is 5.79. The molecule has 0 radical (unpaired) electrons. The molecule has 0 aromatic carbocycles. The van der Waals surface area contributed by atoms with Gasteiger partial charge < -0.3 is 15.2 Å². The number of anilines is 1. The lowest BCUT2D eigenvalue weighted by atomic mass is 9.92. The minimum atomic E-state index is -1.94. The molecule has 1 atom stereocenters. The van der Waals surface area contributed by atoms with Gasteiger partial charge in [-0.15, -0.1) is 0 Å². The Bertz CT molecular complexity index is 530. The molecule has 0 fully saturated rings. The van der Waals surface area contributed by atoms with Crippen molar-refractivity contribution in [1.29, 1.82) is 0 Å². The van der Waals surface area contributed by atoms with Crippen molar-refractivity contribution >= 4 is 17.7 Å². The monoisotopic (exact) mass is 283 g/mol. The van der Waals surface area contributed by atoms with Crippen LogP contribution < -0.4 is 5.32 Å². The standard InChI is InChI=1S/C13H21N3O4/c1-12(2,3)8-7-9(16(5)15-8)14-10(17)13(4,20-6)11(18)19/h7H,1-6H3,(H,14,17)(H,18,19). The van der Waals surface area contributed by atoms with Crippen LogP contribution in [0.4, 0.5) is 5.82 Å². The normalized spacial score (nSPS) is 14.7. The number of hydrogen-bond acceptors (Lipinski definition) is 4. The van der Waals surface area contributed by atoms with Crippen LogP contribution in [0, 0.1) is 0 Å². The number of carboxylic acids is 1. The summed E-state index contributed by atoms with van der Waals surface area (Å²) >= 11 is 0. The maximum Gasteiger partial charge on any atom is 0.345 e. The number of nitrogens with zero attached hydrogens (tertiary/aromatic N) is 2. The number of carbonyl (C=O) groups excluding carboxylic acids is 1. The Morgan fingerprint density at radius 2 is 1.90 bits per heavy atom. The van der Waals surface area contributed by atoms with Gasteiger partial charge in [-0.25, -0.2) is 4.79 Å². The highest BCUT2D eigenvalue weighted by molar-refractivity contribution is 6.10. The van der Waals surface area contributed by atoms with Crippen molar-refractivity contribution in [1.82, 2.24) is 9.78 Å². The first-order valence-corrected chi connectivity index (χ1v) is 6.17. The van der Waals surface area contributed by atoms with Crippen LogP contribution in [0.5, 0.6) is 0 Å². The number of rotatable bonds is 4. The smallest absolute Gasteiger partial charge is 0.345 e. The number of aromatic nitrogens is 2. The summed E-state index contributed by atoms with van der Waals surface area (Å²) in [6, 6.07) is 1.72. The van der Waals surface area contributed by atoms with E-state index in [0.717, 1.165) is 5.69 Å². The third-order valence-electron chi connectivity index (χ3n) is 3.14. The van der Waals surface area contributed by atoms with E-state index in [1.165, 1.54) is 18.7 Å². The summed E-state index contributed by atoms with van der Waals surface area (Å²) in [4.78, 5) is 23.2.